The van der Waals surface area contributed by atoms with Gasteiger partial charge >= 0.3 is 0 Å². The van der Waals surface area contributed by atoms with E-state index in [2.05, 4.69) is 0 Å². The van der Waals surface area contributed by atoms with Gasteiger partial charge in [0, 0.05) is 106 Å². The molecule has 30 nitrogen and oxygen atoms in total. The molecule has 0 atom stereocenters. The third-order valence-corrected chi connectivity index (χ3v) is 12.8. The predicted octanol–water partition coefficient (Wildman–Crippen LogP) is 3.62. The second-order valence-electron chi connectivity index (χ2n) is 21.2. The van der Waals surface area contributed by atoms with Crippen molar-refractivity contribution < 1.29 is 142 Å². The number of hydrogen-bond donors (Lipinski definition) is 0. The van der Waals surface area contributed by atoms with Crippen molar-refractivity contribution >= 4 is 0 Å². The van der Waals surface area contributed by atoms with E-state index < -0.39 is 0 Å². The van der Waals surface area contributed by atoms with E-state index in [0.29, 0.717) is 317 Å². The van der Waals surface area contributed by atoms with Gasteiger partial charge in [0.2, 0.25) is 0 Å². The van der Waals surface area contributed by atoms with E-state index in [-0.39, 0.29) is 0 Å². The molecule has 0 aliphatic carbocycles. The highest BCUT2D eigenvalue weighted by atomic mass is 16.6. The van der Waals surface area contributed by atoms with E-state index in [1.807, 2.05) is 0 Å². The maximum atomic E-state index is 5.42. The summed E-state index contributed by atoms with van der Waals surface area (Å²) in [4.78, 5) is 0. The van der Waals surface area contributed by atoms with Gasteiger partial charge in [-0.2, -0.15) is 0 Å². The Balaban J connectivity index is 0.000000591. The number of hydrogen-bond acceptors (Lipinski definition) is 30. The quantitative estimate of drug-likeness (QED) is 0.335. The van der Waals surface area contributed by atoms with E-state index in [1.165, 1.54) is 0 Å². The Morgan fingerprint density at radius 1 is 0.0510 bits per heavy atom. The zero-order chi connectivity index (χ0) is 69.3. The smallest absolute Gasteiger partial charge is 0.0701 e. The van der Waals surface area contributed by atoms with E-state index in [9.17, 15) is 0 Å². The normalized spacial score (nSPS) is 24.0. The SMILES string of the molecule is C1COCCOCCCOCCOC1.C1COCCOCCCOCCOCCOC1.C1COCCOCCOCCCOCCOCCOC1.C1COCCOCCOCCOC1.C1COCCOCCOCCOCCOC1.C1COCCOCCOCCOCCOCCO1. The van der Waals surface area contributed by atoms with Crippen LogP contribution in [0.15, 0.2) is 0 Å². The van der Waals surface area contributed by atoms with Crippen LogP contribution in [0.4, 0.5) is 0 Å². The Labute approximate surface area is 588 Å². The zero-order valence-corrected chi connectivity index (χ0v) is 60.3. The first-order chi connectivity index (χ1) is 49.0. The Morgan fingerprint density at radius 3 is 0.143 bits per heavy atom. The van der Waals surface area contributed by atoms with Crippen LogP contribution in [0.25, 0.3) is 0 Å². The highest BCUT2D eigenvalue weighted by Crippen LogP contribution is 1.97. The number of ether oxygens (including phenoxy) is 30. The summed E-state index contributed by atoms with van der Waals surface area (Å²) in [6, 6.07) is 0. The first-order valence-corrected chi connectivity index (χ1v) is 36.3. The fraction of sp³-hybridized carbons (Fsp3) is 1.00. The molecule has 6 fully saturated rings. The summed E-state index contributed by atoms with van der Waals surface area (Å²) < 4.78 is 160. The van der Waals surface area contributed by atoms with Crippen LogP contribution < -0.4 is 0 Å². The van der Waals surface area contributed by atoms with Crippen molar-refractivity contribution in [1.82, 2.24) is 0 Å². The van der Waals surface area contributed by atoms with Crippen LogP contribution in [-0.2, 0) is 142 Å². The molecule has 0 N–H and O–H groups in total. The standard InChI is InChI=1S/C14H28O6.C12H24O6.C12H24O5.C11H22O5.C10H20O4.C9H18O4/c1-3-15-7-11-19-13-9-17-5-2-6-18-10-14-20-12-8-16-4-1;1-2-14-5-6-16-9-10-18-12-11-17-8-7-15-4-3-13-1;1-3-13-7-8-14-4-2-6-16-10-12-17-11-9-15-5-1;1-2-12-4-6-14-8-10-16-11-9-15-7-5-13-3-1;1-3-11-7-9-13-5-2-6-14-10-8-12-4-1;1-2-10-4-6-12-8-9-13-7-5-11-3-1/h1-14H2;1-12H2;1-12H2;1-11H2;1-10H2;1-9H2. The summed E-state index contributed by atoms with van der Waals surface area (Å²) in [7, 11) is 0. The molecule has 30 heteroatoms. The Hall–Kier alpha value is -1.20. The van der Waals surface area contributed by atoms with Gasteiger partial charge in [0.1, 0.15) is 0 Å². The van der Waals surface area contributed by atoms with Crippen LogP contribution in [0.5, 0.6) is 0 Å². The minimum atomic E-state index is 0.586. The van der Waals surface area contributed by atoms with Crippen LogP contribution in [0.2, 0.25) is 0 Å². The van der Waals surface area contributed by atoms with Gasteiger partial charge in [-0.3, -0.25) is 0 Å². The van der Waals surface area contributed by atoms with Crippen molar-refractivity contribution in [3.8, 4) is 0 Å². The Kier molecular flexibility index (Phi) is 88.9. The molecular formula is C68H136O30. The van der Waals surface area contributed by atoms with Crippen molar-refractivity contribution in [3.05, 3.63) is 0 Å². The molecule has 6 rings (SSSR count). The molecule has 6 aliphatic heterocycles. The molecule has 0 saturated carbocycles. The third-order valence-electron chi connectivity index (χ3n) is 12.8. The van der Waals surface area contributed by atoms with Gasteiger partial charge in [0.15, 0.2) is 0 Å². The van der Waals surface area contributed by atoms with E-state index >= 15 is 0 Å². The molecule has 0 unspecified atom stereocenters. The van der Waals surface area contributed by atoms with Crippen LogP contribution in [-0.4, -0.2) is 396 Å². The first-order valence-electron chi connectivity index (χ1n) is 36.3. The largest absolute Gasteiger partial charge is 0.379 e. The van der Waals surface area contributed by atoms with Crippen molar-refractivity contribution in [3.63, 3.8) is 0 Å². The van der Waals surface area contributed by atoms with Gasteiger partial charge in [0.05, 0.1) is 291 Å². The van der Waals surface area contributed by atoms with E-state index in [1.54, 1.807) is 0 Å². The van der Waals surface area contributed by atoms with Crippen LogP contribution >= 0.6 is 0 Å². The van der Waals surface area contributed by atoms with Gasteiger partial charge in [-0.25, -0.2) is 0 Å². The molecule has 0 aromatic carbocycles. The fourth-order valence-electron chi connectivity index (χ4n) is 7.76. The maximum Gasteiger partial charge on any atom is 0.0701 e. The maximum absolute atomic E-state index is 5.42. The molecule has 0 amide bonds. The van der Waals surface area contributed by atoms with Gasteiger partial charge in [-0.05, 0) is 51.4 Å². The summed E-state index contributed by atoms with van der Waals surface area (Å²) in [6.07, 6.45) is 7.38. The molecule has 6 heterocycles. The third kappa shape index (κ3) is 89.0. The van der Waals surface area contributed by atoms with Gasteiger partial charge < -0.3 is 142 Å². The first kappa shape index (κ1) is 94.8. The molecule has 0 radical (unpaired) electrons. The lowest BCUT2D eigenvalue weighted by Crippen LogP contribution is -2.16. The highest BCUT2D eigenvalue weighted by Gasteiger charge is 2.03. The predicted molar refractivity (Wildman–Crippen MR) is 362 cm³/mol. The summed E-state index contributed by atoms with van der Waals surface area (Å²) in [5.74, 6) is 0. The second-order valence-corrected chi connectivity index (χ2v) is 21.2. The highest BCUT2D eigenvalue weighted by molar-refractivity contribution is 4.47. The van der Waals surface area contributed by atoms with E-state index in [0.717, 1.165) is 131 Å². The molecule has 6 saturated heterocycles. The van der Waals surface area contributed by atoms with Gasteiger partial charge in [0.25, 0.3) is 0 Å². The van der Waals surface area contributed by atoms with Crippen LogP contribution in [0.3, 0.4) is 0 Å². The molecule has 98 heavy (non-hydrogen) atoms. The average Bonchev–Trinajstić information content (AvgIpc) is 3.70. The second kappa shape index (κ2) is 91.9. The number of rotatable bonds is 0. The summed E-state index contributed by atoms with van der Waals surface area (Å²) >= 11 is 0. The molecule has 0 aromatic rings. The molecule has 0 bridgehead atoms. The van der Waals surface area contributed by atoms with Gasteiger partial charge in [-0.1, -0.05) is 0 Å². The van der Waals surface area contributed by atoms with Crippen molar-refractivity contribution in [2.45, 2.75) is 51.4 Å². The summed E-state index contributed by atoms with van der Waals surface area (Å²) in [6.45, 7) is 39.2. The lowest BCUT2D eigenvalue weighted by atomic mass is 10.5. The molecular weight excluding hydrogens is 1300 g/mol. The van der Waals surface area contributed by atoms with Gasteiger partial charge in [-0.15, -0.1) is 0 Å². The monoisotopic (exact) mass is 1430 g/mol. The summed E-state index contributed by atoms with van der Waals surface area (Å²) in [5, 5.41) is 0. The lowest BCUT2D eigenvalue weighted by Gasteiger charge is -2.09. The Bertz CT molecular complexity index is 987. The topological polar surface area (TPSA) is 277 Å². The zero-order valence-electron chi connectivity index (χ0n) is 60.3. The average molecular weight is 1430 g/mol. The minimum Gasteiger partial charge on any atom is -0.379 e. The molecule has 0 spiro atoms. The fourth-order valence-corrected chi connectivity index (χ4v) is 7.76. The van der Waals surface area contributed by atoms with E-state index in [4.69, 9.17) is 142 Å². The lowest BCUT2D eigenvalue weighted by molar-refractivity contribution is -0.0334. The van der Waals surface area contributed by atoms with Crippen molar-refractivity contribution in [2.75, 3.05) is 396 Å². The van der Waals surface area contributed by atoms with Crippen molar-refractivity contribution in [1.29, 1.82) is 0 Å². The van der Waals surface area contributed by atoms with Crippen LogP contribution in [0.1, 0.15) is 51.4 Å². The molecule has 6 aliphatic rings. The minimum absolute atomic E-state index is 0.586. The van der Waals surface area contributed by atoms with Crippen molar-refractivity contribution in [2.24, 2.45) is 0 Å². The summed E-state index contributed by atoms with van der Waals surface area (Å²) in [5.41, 5.74) is 0. The molecule has 0 aromatic heterocycles. The van der Waals surface area contributed by atoms with Crippen LogP contribution in [0, 0.1) is 0 Å². The molecule has 588 valence electrons. The Morgan fingerprint density at radius 2 is 0.0918 bits per heavy atom.